The number of sulfonamides is 1. The standard InChI is InChI=1S/C19H17ClN4O4S3/c1-2-29-19-23-22-18(30-19)21-17(25)16-11-24(14-5-3-4-6-15(14)28-16)31(26,27)13-9-7-12(20)8-10-13/h3-10,16H,2,11H2,1H3,(H,21,22,25)/t16-/m1/s1. The van der Waals surface area contributed by atoms with Crippen molar-refractivity contribution in [2.45, 2.75) is 22.3 Å². The maximum absolute atomic E-state index is 13.3. The van der Waals surface area contributed by atoms with Crippen molar-refractivity contribution in [3.63, 3.8) is 0 Å². The quantitative estimate of drug-likeness (QED) is 0.408. The van der Waals surface area contributed by atoms with Gasteiger partial charge in [0.1, 0.15) is 5.75 Å². The van der Waals surface area contributed by atoms with Crippen molar-refractivity contribution in [2.24, 2.45) is 0 Å². The minimum absolute atomic E-state index is 0.0677. The van der Waals surface area contributed by atoms with Gasteiger partial charge in [-0.3, -0.25) is 14.4 Å². The summed E-state index contributed by atoms with van der Waals surface area (Å²) < 4.78 is 34.4. The fraction of sp³-hybridized carbons (Fsp3) is 0.211. The lowest BCUT2D eigenvalue weighted by atomic mass is 10.2. The first-order valence-corrected chi connectivity index (χ1v) is 12.8. The van der Waals surface area contributed by atoms with Crippen LogP contribution in [0.1, 0.15) is 6.92 Å². The van der Waals surface area contributed by atoms with Crippen molar-refractivity contribution < 1.29 is 17.9 Å². The van der Waals surface area contributed by atoms with Crippen LogP contribution in [-0.4, -0.2) is 42.9 Å². The number of fused-ring (bicyclic) bond motifs is 1. The van der Waals surface area contributed by atoms with Crippen molar-refractivity contribution >= 4 is 61.4 Å². The number of hydrogen-bond acceptors (Lipinski definition) is 8. The normalized spacial score (nSPS) is 15.8. The zero-order chi connectivity index (χ0) is 22.0. The maximum Gasteiger partial charge on any atom is 0.269 e. The van der Waals surface area contributed by atoms with Crippen LogP contribution < -0.4 is 14.4 Å². The summed E-state index contributed by atoms with van der Waals surface area (Å²) in [4.78, 5) is 12.9. The van der Waals surface area contributed by atoms with Crippen molar-refractivity contribution in [3.05, 3.63) is 53.6 Å². The highest BCUT2D eigenvalue weighted by Crippen LogP contribution is 2.37. The summed E-state index contributed by atoms with van der Waals surface area (Å²) in [5.74, 6) is 0.628. The van der Waals surface area contributed by atoms with Gasteiger partial charge >= 0.3 is 0 Å². The van der Waals surface area contributed by atoms with E-state index in [0.717, 1.165) is 10.1 Å². The van der Waals surface area contributed by atoms with Gasteiger partial charge in [0.25, 0.3) is 15.9 Å². The van der Waals surface area contributed by atoms with Crippen LogP contribution in [0.25, 0.3) is 0 Å². The molecular weight excluding hydrogens is 480 g/mol. The van der Waals surface area contributed by atoms with Gasteiger partial charge in [-0.2, -0.15) is 0 Å². The Kier molecular flexibility index (Phi) is 6.37. The van der Waals surface area contributed by atoms with Crippen LogP contribution in [0.15, 0.2) is 57.8 Å². The van der Waals surface area contributed by atoms with Gasteiger partial charge in [0.15, 0.2) is 10.4 Å². The number of nitrogens with one attached hydrogen (secondary N) is 1. The van der Waals surface area contributed by atoms with Crippen LogP contribution in [0.2, 0.25) is 5.02 Å². The summed E-state index contributed by atoms with van der Waals surface area (Å²) >= 11 is 8.66. The highest BCUT2D eigenvalue weighted by molar-refractivity contribution is 8.01. The van der Waals surface area contributed by atoms with Crippen LogP contribution in [0.5, 0.6) is 5.75 Å². The average Bonchev–Trinajstić information content (AvgIpc) is 3.20. The van der Waals surface area contributed by atoms with E-state index in [4.69, 9.17) is 16.3 Å². The third kappa shape index (κ3) is 4.64. The Labute approximate surface area is 192 Å². The van der Waals surface area contributed by atoms with Crippen LogP contribution in [0.4, 0.5) is 10.8 Å². The van der Waals surface area contributed by atoms with Crippen molar-refractivity contribution in [1.29, 1.82) is 0 Å². The highest BCUT2D eigenvalue weighted by Gasteiger charge is 2.37. The second-order valence-corrected chi connectivity index (χ2v) is 11.1. The predicted molar refractivity (Wildman–Crippen MR) is 122 cm³/mol. The Morgan fingerprint density at radius 1 is 1.26 bits per heavy atom. The summed E-state index contributed by atoms with van der Waals surface area (Å²) in [7, 11) is -3.95. The molecule has 2 aromatic carbocycles. The minimum Gasteiger partial charge on any atom is -0.476 e. The van der Waals surface area contributed by atoms with Gasteiger partial charge in [0.05, 0.1) is 17.1 Å². The number of carbonyl (C=O) groups excluding carboxylic acids is 1. The molecule has 0 saturated carbocycles. The smallest absolute Gasteiger partial charge is 0.269 e. The molecule has 0 radical (unpaired) electrons. The molecule has 162 valence electrons. The van der Waals surface area contributed by atoms with E-state index in [1.54, 1.807) is 24.3 Å². The number of hydrogen-bond donors (Lipinski definition) is 1. The van der Waals surface area contributed by atoms with Gasteiger partial charge in [-0.25, -0.2) is 8.42 Å². The molecule has 1 amide bonds. The number of thioether (sulfide) groups is 1. The number of rotatable bonds is 6. The van der Waals surface area contributed by atoms with Gasteiger partial charge < -0.3 is 4.74 Å². The van der Waals surface area contributed by atoms with Crippen molar-refractivity contribution in [1.82, 2.24) is 10.2 Å². The molecule has 1 aliphatic heterocycles. The summed E-state index contributed by atoms with van der Waals surface area (Å²) in [6.45, 7) is 1.80. The molecule has 0 aliphatic carbocycles. The van der Waals surface area contributed by atoms with Gasteiger partial charge in [-0.05, 0) is 42.2 Å². The number of amides is 1. The van der Waals surface area contributed by atoms with Crippen LogP contribution >= 0.6 is 34.7 Å². The van der Waals surface area contributed by atoms with E-state index in [-0.39, 0.29) is 11.4 Å². The molecule has 0 fully saturated rings. The number of aromatic nitrogens is 2. The van der Waals surface area contributed by atoms with Gasteiger partial charge in [-0.1, -0.05) is 53.8 Å². The van der Waals surface area contributed by atoms with E-state index in [1.165, 1.54) is 51.7 Å². The number of halogens is 1. The third-order valence-corrected chi connectivity index (χ3v) is 8.23. The molecule has 0 unspecified atom stereocenters. The molecule has 3 aromatic rings. The van der Waals surface area contributed by atoms with Crippen molar-refractivity contribution in [2.75, 3.05) is 21.9 Å². The van der Waals surface area contributed by atoms with Crippen molar-refractivity contribution in [3.8, 4) is 5.75 Å². The summed E-state index contributed by atoms with van der Waals surface area (Å²) in [5.41, 5.74) is 0.360. The molecule has 1 atom stereocenters. The molecule has 2 heterocycles. The highest BCUT2D eigenvalue weighted by atomic mass is 35.5. The van der Waals surface area contributed by atoms with Crippen LogP contribution in [0, 0.1) is 0 Å². The molecule has 12 heteroatoms. The second-order valence-electron chi connectivity index (χ2n) is 6.36. The van der Waals surface area contributed by atoms with E-state index >= 15 is 0 Å². The molecule has 0 bridgehead atoms. The molecule has 1 aromatic heterocycles. The Morgan fingerprint density at radius 3 is 2.74 bits per heavy atom. The fourth-order valence-electron chi connectivity index (χ4n) is 2.93. The van der Waals surface area contributed by atoms with E-state index in [1.807, 2.05) is 6.92 Å². The monoisotopic (exact) mass is 496 g/mol. The van der Waals surface area contributed by atoms with Gasteiger partial charge in [0.2, 0.25) is 5.13 Å². The molecule has 0 saturated heterocycles. The SMILES string of the molecule is CCSc1nnc(NC(=O)[C@H]2CN(S(=O)(=O)c3ccc(Cl)cc3)c3ccccc3O2)s1. The lowest BCUT2D eigenvalue weighted by Gasteiger charge is -2.34. The zero-order valence-electron chi connectivity index (χ0n) is 16.2. The Bertz CT molecular complexity index is 1200. The number of benzene rings is 2. The summed E-state index contributed by atoms with van der Waals surface area (Å²) in [6.07, 6.45) is -1.07. The maximum atomic E-state index is 13.3. The first-order valence-electron chi connectivity index (χ1n) is 9.19. The van der Waals surface area contributed by atoms with Gasteiger partial charge in [0, 0.05) is 5.02 Å². The third-order valence-electron chi connectivity index (χ3n) is 4.33. The Morgan fingerprint density at radius 2 is 2.00 bits per heavy atom. The number of para-hydroxylation sites is 2. The molecule has 1 N–H and O–H groups in total. The predicted octanol–water partition coefficient (Wildman–Crippen LogP) is 3.90. The van der Waals surface area contributed by atoms with E-state index in [0.29, 0.717) is 21.6 Å². The summed E-state index contributed by atoms with van der Waals surface area (Å²) in [5, 5.41) is 11.4. The molecule has 0 spiro atoms. The Hall–Kier alpha value is -2.34. The summed E-state index contributed by atoms with van der Waals surface area (Å²) in [6, 6.07) is 12.6. The molecule has 4 rings (SSSR count). The second kappa shape index (κ2) is 9.03. The fourth-order valence-corrected chi connectivity index (χ4v) is 6.18. The lowest BCUT2D eigenvalue weighted by Crippen LogP contribution is -2.48. The largest absolute Gasteiger partial charge is 0.476 e. The molecule has 8 nitrogen and oxygen atoms in total. The molecule has 1 aliphatic rings. The number of ether oxygens (including phenoxy) is 1. The molecule has 31 heavy (non-hydrogen) atoms. The first kappa shape index (κ1) is 21.9. The first-order chi connectivity index (χ1) is 14.9. The minimum atomic E-state index is -3.95. The Balaban J connectivity index is 1.62. The number of nitrogens with zero attached hydrogens (tertiary/aromatic N) is 3. The molecular formula is C19H17ClN4O4S3. The van der Waals surface area contributed by atoms with Crippen LogP contribution in [0.3, 0.4) is 0 Å². The van der Waals surface area contributed by atoms with E-state index in [9.17, 15) is 13.2 Å². The zero-order valence-corrected chi connectivity index (χ0v) is 19.4. The average molecular weight is 497 g/mol. The van der Waals surface area contributed by atoms with E-state index in [2.05, 4.69) is 15.5 Å². The van der Waals surface area contributed by atoms with E-state index < -0.39 is 22.0 Å². The van der Waals surface area contributed by atoms with Gasteiger partial charge in [-0.15, -0.1) is 10.2 Å². The van der Waals surface area contributed by atoms with Crippen LogP contribution in [-0.2, 0) is 14.8 Å². The number of anilines is 2. The lowest BCUT2D eigenvalue weighted by molar-refractivity contribution is -0.122. The number of carbonyl (C=O) groups is 1. The topological polar surface area (TPSA) is 101 Å².